The lowest BCUT2D eigenvalue weighted by Gasteiger charge is -2.46. The summed E-state index contributed by atoms with van der Waals surface area (Å²) in [6.45, 7) is 1.40. The van der Waals surface area contributed by atoms with Crippen molar-refractivity contribution in [2.75, 3.05) is 26.2 Å². The maximum atomic E-state index is 13.8. The molecular formula is C25H24N4O2. The third-order valence-electron chi connectivity index (χ3n) is 6.18. The van der Waals surface area contributed by atoms with Crippen molar-refractivity contribution in [1.29, 1.82) is 0 Å². The highest BCUT2D eigenvalue weighted by Crippen LogP contribution is 2.34. The van der Waals surface area contributed by atoms with Crippen LogP contribution in [0.4, 0.5) is 5.82 Å². The predicted molar refractivity (Wildman–Crippen MR) is 123 cm³/mol. The summed E-state index contributed by atoms with van der Waals surface area (Å²) in [6.07, 6.45) is 1.65. The van der Waals surface area contributed by atoms with E-state index in [1.807, 2.05) is 72.6 Å². The highest BCUT2D eigenvalue weighted by atomic mass is 16.5. The van der Waals surface area contributed by atoms with Crippen molar-refractivity contribution in [3.05, 3.63) is 89.8 Å². The lowest BCUT2D eigenvalue weighted by Crippen LogP contribution is -2.58. The SMILES string of the molecule is Cn1c(-c2ccccc2)c(C(=O)N2CC[N+]([O-])(c3ccccn3)CC2)c2ccccc21. The van der Waals surface area contributed by atoms with Crippen molar-refractivity contribution in [3.8, 4) is 11.3 Å². The van der Waals surface area contributed by atoms with Crippen LogP contribution in [0.5, 0.6) is 0 Å². The molecule has 0 unspecified atom stereocenters. The molecule has 4 aromatic rings. The standard InChI is InChI=1S/C25H24N4O2/c1-27-21-12-6-5-11-20(21)23(24(27)19-9-3-2-4-10-19)25(30)28-15-17-29(31,18-16-28)22-13-7-8-14-26-22/h2-14H,15-18H2,1H3. The van der Waals surface area contributed by atoms with Crippen LogP contribution in [-0.2, 0) is 7.05 Å². The van der Waals surface area contributed by atoms with E-state index in [-0.39, 0.29) is 5.91 Å². The second-order valence-electron chi connectivity index (χ2n) is 7.98. The van der Waals surface area contributed by atoms with E-state index in [0.717, 1.165) is 22.2 Å². The number of hydrogen-bond donors (Lipinski definition) is 0. The Morgan fingerprint density at radius 1 is 0.935 bits per heavy atom. The first-order valence-electron chi connectivity index (χ1n) is 10.5. The van der Waals surface area contributed by atoms with Crippen LogP contribution in [0.15, 0.2) is 79.0 Å². The van der Waals surface area contributed by atoms with E-state index in [9.17, 15) is 10.0 Å². The van der Waals surface area contributed by atoms with Crippen LogP contribution < -0.4 is 4.65 Å². The molecule has 0 saturated carbocycles. The Bertz CT molecular complexity index is 1230. The molecule has 2 aromatic heterocycles. The number of amides is 1. The predicted octanol–water partition coefficient (Wildman–Crippen LogP) is 4.20. The number of hydrogen-bond acceptors (Lipinski definition) is 3. The molecule has 1 aliphatic rings. The number of aromatic nitrogens is 2. The average Bonchev–Trinajstić information content (AvgIpc) is 3.13. The molecule has 6 nitrogen and oxygen atoms in total. The van der Waals surface area contributed by atoms with E-state index in [2.05, 4.69) is 9.55 Å². The Labute approximate surface area is 181 Å². The molecule has 2 aromatic carbocycles. The molecule has 1 fully saturated rings. The van der Waals surface area contributed by atoms with Gasteiger partial charge in [-0.25, -0.2) is 4.98 Å². The second kappa shape index (κ2) is 7.65. The van der Waals surface area contributed by atoms with Crippen molar-refractivity contribution in [2.45, 2.75) is 0 Å². The summed E-state index contributed by atoms with van der Waals surface area (Å²) in [7, 11) is 2.00. The van der Waals surface area contributed by atoms with E-state index in [1.165, 1.54) is 0 Å². The molecule has 1 aliphatic heterocycles. The summed E-state index contributed by atoms with van der Waals surface area (Å²) < 4.78 is 1.59. The van der Waals surface area contributed by atoms with Gasteiger partial charge in [0.2, 0.25) is 5.82 Å². The average molecular weight is 412 g/mol. The number of quaternary nitrogens is 1. The van der Waals surface area contributed by atoms with Crippen LogP contribution in [0.25, 0.3) is 22.2 Å². The van der Waals surface area contributed by atoms with Crippen LogP contribution in [0.3, 0.4) is 0 Å². The third kappa shape index (κ3) is 3.30. The molecule has 31 heavy (non-hydrogen) atoms. The minimum Gasteiger partial charge on any atom is -0.626 e. The van der Waals surface area contributed by atoms with Gasteiger partial charge >= 0.3 is 0 Å². The van der Waals surface area contributed by atoms with E-state index >= 15 is 0 Å². The van der Waals surface area contributed by atoms with Gasteiger partial charge in [0.1, 0.15) is 13.1 Å². The topological polar surface area (TPSA) is 61.2 Å². The molecule has 0 bridgehead atoms. The van der Waals surface area contributed by atoms with Gasteiger partial charge in [-0.2, -0.15) is 0 Å². The number of fused-ring (bicyclic) bond motifs is 1. The number of aryl methyl sites for hydroxylation is 1. The van der Waals surface area contributed by atoms with Crippen LogP contribution in [0, 0.1) is 5.21 Å². The normalized spacial score (nSPS) is 15.9. The van der Waals surface area contributed by atoms with Crippen molar-refractivity contribution < 1.29 is 4.79 Å². The molecule has 5 rings (SSSR count). The van der Waals surface area contributed by atoms with Gasteiger partial charge in [-0.1, -0.05) is 54.6 Å². The molecule has 0 N–H and O–H groups in total. The number of para-hydroxylation sites is 1. The Balaban J connectivity index is 1.51. The summed E-state index contributed by atoms with van der Waals surface area (Å²) in [5, 5.41) is 14.2. The van der Waals surface area contributed by atoms with Crippen LogP contribution in [0.2, 0.25) is 0 Å². The van der Waals surface area contributed by atoms with Crippen molar-refractivity contribution >= 4 is 22.6 Å². The van der Waals surface area contributed by atoms with E-state index in [0.29, 0.717) is 37.6 Å². The number of carbonyl (C=O) groups is 1. The molecule has 156 valence electrons. The Morgan fingerprint density at radius 3 is 2.32 bits per heavy atom. The van der Waals surface area contributed by atoms with Crippen LogP contribution in [0.1, 0.15) is 10.4 Å². The Hall–Kier alpha value is -3.48. The smallest absolute Gasteiger partial charge is 0.257 e. The molecule has 1 saturated heterocycles. The molecule has 0 spiro atoms. The molecular weight excluding hydrogens is 388 g/mol. The number of pyridine rings is 1. The fourth-order valence-electron chi connectivity index (χ4n) is 4.52. The first kappa shape index (κ1) is 19.5. The zero-order valence-electron chi connectivity index (χ0n) is 17.4. The summed E-state index contributed by atoms with van der Waals surface area (Å²) in [5.74, 6) is 0.479. The summed E-state index contributed by atoms with van der Waals surface area (Å²) in [6, 6.07) is 23.4. The summed E-state index contributed by atoms with van der Waals surface area (Å²) in [5.41, 5.74) is 3.63. The molecule has 6 heteroatoms. The number of hydroxylamine groups is 2. The second-order valence-corrected chi connectivity index (χ2v) is 7.98. The van der Waals surface area contributed by atoms with Crippen LogP contribution in [-0.4, -0.2) is 46.5 Å². The van der Waals surface area contributed by atoms with Gasteiger partial charge in [0.15, 0.2) is 0 Å². The number of rotatable bonds is 3. The summed E-state index contributed by atoms with van der Waals surface area (Å²) >= 11 is 0. The van der Waals surface area contributed by atoms with Crippen molar-refractivity contribution in [3.63, 3.8) is 0 Å². The first-order valence-corrected chi connectivity index (χ1v) is 10.5. The zero-order valence-corrected chi connectivity index (χ0v) is 17.4. The minimum atomic E-state index is -0.494. The lowest BCUT2D eigenvalue weighted by molar-refractivity contribution is 0.0683. The summed E-state index contributed by atoms with van der Waals surface area (Å²) in [4.78, 5) is 19.8. The Morgan fingerprint density at radius 2 is 1.61 bits per heavy atom. The maximum absolute atomic E-state index is 13.8. The molecule has 0 radical (unpaired) electrons. The van der Waals surface area contributed by atoms with Gasteiger partial charge < -0.3 is 19.3 Å². The largest absolute Gasteiger partial charge is 0.626 e. The van der Waals surface area contributed by atoms with Crippen molar-refractivity contribution in [1.82, 2.24) is 19.1 Å². The van der Waals surface area contributed by atoms with Crippen molar-refractivity contribution in [2.24, 2.45) is 7.05 Å². The van der Waals surface area contributed by atoms with Gasteiger partial charge in [0, 0.05) is 30.2 Å². The fourth-order valence-corrected chi connectivity index (χ4v) is 4.52. The van der Waals surface area contributed by atoms with E-state index in [1.54, 1.807) is 18.3 Å². The van der Waals surface area contributed by atoms with E-state index < -0.39 is 4.65 Å². The van der Waals surface area contributed by atoms with Gasteiger partial charge in [0.25, 0.3) is 5.91 Å². The lowest BCUT2D eigenvalue weighted by atomic mass is 10.0. The number of piperazine rings is 1. The van der Waals surface area contributed by atoms with Gasteiger partial charge in [-0.15, -0.1) is 0 Å². The molecule has 3 heterocycles. The zero-order chi connectivity index (χ0) is 21.4. The van der Waals surface area contributed by atoms with E-state index in [4.69, 9.17) is 0 Å². The molecule has 0 aliphatic carbocycles. The highest BCUT2D eigenvalue weighted by Gasteiger charge is 2.33. The number of benzene rings is 2. The highest BCUT2D eigenvalue weighted by molar-refractivity contribution is 6.12. The third-order valence-corrected chi connectivity index (χ3v) is 6.18. The number of carbonyl (C=O) groups excluding carboxylic acids is 1. The monoisotopic (exact) mass is 412 g/mol. The molecule has 1 amide bonds. The fraction of sp³-hybridized carbons (Fsp3) is 0.200. The quantitative estimate of drug-likeness (QED) is 0.374. The minimum absolute atomic E-state index is 0.0251. The maximum Gasteiger partial charge on any atom is 0.257 e. The van der Waals surface area contributed by atoms with Crippen LogP contribution >= 0.6 is 0 Å². The van der Waals surface area contributed by atoms with Gasteiger partial charge in [0.05, 0.1) is 24.3 Å². The number of nitrogens with zero attached hydrogens (tertiary/aromatic N) is 4. The molecule has 0 atom stereocenters. The van der Waals surface area contributed by atoms with Gasteiger partial charge in [-0.3, -0.25) is 4.79 Å². The van der Waals surface area contributed by atoms with Gasteiger partial charge in [-0.05, 0) is 17.7 Å². The Kier molecular flexibility index (Phi) is 4.81. The first-order chi connectivity index (χ1) is 15.1.